The number of anilines is 1. The lowest BCUT2D eigenvalue weighted by molar-refractivity contribution is 0.979. The van der Waals surface area contributed by atoms with E-state index < -0.39 is 0 Å². The molecule has 0 bridgehead atoms. The first-order chi connectivity index (χ1) is 9.10. The zero-order valence-electron chi connectivity index (χ0n) is 10.9. The van der Waals surface area contributed by atoms with Crippen LogP contribution in [0.1, 0.15) is 22.7 Å². The van der Waals surface area contributed by atoms with Crippen LogP contribution in [0.25, 0.3) is 0 Å². The van der Waals surface area contributed by atoms with E-state index in [9.17, 15) is 5.26 Å². The highest BCUT2D eigenvalue weighted by Gasteiger charge is 2.12. The van der Waals surface area contributed by atoms with E-state index in [0.717, 1.165) is 21.3 Å². The molecule has 0 radical (unpaired) electrons. The first-order valence-corrected chi connectivity index (χ1v) is 6.88. The molecule has 0 aliphatic heterocycles. The molecule has 2 nitrogen and oxygen atoms in total. The summed E-state index contributed by atoms with van der Waals surface area (Å²) < 4.78 is 1.03. The minimum atomic E-state index is -0.332. The van der Waals surface area contributed by atoms with Crippen molar-refractivity contribution in [2.45, 2.75) is 19.9 Å². The van der Waals surface area contributed by atoms with Crippen LogP contribution in [0.2, 0.25) is 0 Å². The standard InChI is InChI=1S/C16H15BrN2/c1-11-3-8-15(12(2)9-11)16(10-18)19-14-6-4-13(17)5-7-14/h3-9,16,19H,1-2H3. The first-order valence-electron chi connectivity index (χ1n) is 6.09. The van der Waals surface area contributed by atoms with Gasteiger partial charge in [0.1, 0.15) is 6.04 Å². The van der Waals surface area contributed by atoms with Crippen LogP contribution in [0.5, 0.6) is 0 Å². The molecule has 0 heterocycles. The van der Waals surface area contributed by atoms with Crippen molar-refractivity contribution in [1.82, 2.24) is 0 Å². The third-order valence-electron chi connectivity index (χ3n) is 3.02. The number of hydrogen-bond acceptors (Lipinski definition) is 2. The minimum Gasteiger partial charge on any atom is -0.366 e. The van der Waals surface area contributed by atoms with Gasteiger partial charge in [-0.2, -0.15) is 5.26 Å². The van der Waals surface area contributed by atoms with Crippen molar-refractivity contribution < 1.29 is 0 Å². The second-order valence-electron chi connectivity index (χ2n) is 4.57. The summed E-state index contributed by atoms with van der Waals surface area (Å²) in [7, 11) is 0. The van der Waals surface area contributed by atoms with Crippen LogP contribution in [0.3, 0.4) is 0 Å². The second-order valence-corrected chi connectivity index (χ2v) is 5.49. The van der Waals surface area contributed by atoms with Crippen molar-refractivity contribution in [3.63, 3.8) is 0 Å². The fourth-order valence-electron chi connectivity index (χ4n) is 2.04. The molecule has 2 aromatic rings. The fraction of sp³-hybridized carbons (Fsp3) is 0.188. The van der Waals surface area contributed by atoms with Gasteiger partial charge in [-0.25, -0.2) is 0 Å². The molecule has 1 atom stereocenters. The van der Waals surface area contributed by atoms with Gasteiger partial charge in [0.2, 0.25) is 0 Å². The lowest BCUT2D eigenvalue weighted by atomic mass is 10.00. The summed E-state index contributed by atoms with van der Waals surface area (Å²) in [6, 6.07) is 16.0. The SMILES string of the molecule is Cc1ccc(C(C#N)Nc2ccc(Br)cc2)c(C)c1. The zero-order chi connectivity index (χ0) is 13.8. The number of nitriles is 1. The summed E-state index contributed by atoms with van der Waals surface area (Å²) in [4.78, 5) is 0. The number of benzene rings is 2. The fourth-order valence-corrected chi connectivity index (χ4v) is 2.31. The van der Waals surface area contributed by atoms with Crippen LogP contribution in [-0.4, -0.2) is 0 Å². The van der Waals surface area contributed by atoms with Gasteiger partial charge in [0.25, 0.3) is 0 Å². The molecule has 0 spiro atoms. The van der Waals surface area contributed by atoms with Gasteiger partial charge in [-0.05, 0) is 49.2 Å². The predicted molar refractivity (Wildman–Crippen MR) is 82.0 cm³/mol. The minimum absolute atomic E-state index is 0.332. The smallest absolute Gasteiger partial charge is 0.140 e. The molecule has 1 N–H and O–H groups in total. The number of aryl methyl sites for hydroxylation is 2. The Balaban J connectivity index is 2.25. The highest BCUT2D eigenvalue weighted by atomic mass is 79.9. The van der Waals surface area contributed by atoms with Gasteiger partial charge >= 0.3 is 0 Å². The number of nitrogens with zero attached hydrogens (tertiary/aromatic N) is 1. The Morgan fingerprint density at radius 1 is 1.11 bits per heavy atom. The number of rotatable bonds is 3. The molecule has 19 heavy (non-hydrogen) atoms. The first kappa shape index (κ1) is 13.6. The van der Waals surface area contributed by atoms with Crippen molar-refractivity contribution in [3.05, 3.63) is 63.6 Å². The molecule has 0 saturated carbocycles. The number of nitrogens with one attached hydrogen (secondary N) is 1. The topological polar surface area (TPSA) is 35.8 Å². The van der Waals surface area contributed by atoms with E-state index in [2.05, 4.69) is 40.3 Å². The van der Waals surface area contributed by atoms with Crippen LogP contribution >= 0.6 is 15.9 Å². The Labute approximate surface area is 122 Å². The molecule has 0 aliphatic carbocycles. The summed E-state index contributed by atoms with van der Waals surface area (Å²) in [5, 5.41) is 12.6. The van der Waals surface area contributed by atoms with E-state index in [0.29, 0.717) is 0 Å². The third kappa shape index (κ3) is 3.36. The summed E-state index contributed by atoms with van der Waals surface area (Å²) in [6.45, 7) is 4.09. The summed E-state index contributed by atoms with van der Waals surface area (Å²) in [5.74, 6) is 0. The van der Waals surface area contributed by atoms with Crippen LogP contribution < -0.4 is 5.32 Å². The van der Waals surface area contributed by atoms with E-state index in [1.165, 1.54) is 5.56 Å². The Morgan fingerprint density at radius 3 is 2.37 bits per heavy atom. The Bertz CT molecular complexity index is 612. The van der Waals surface area contributed by atoms with Gasteiger partial charge in [0.15, 0.2) is 0 Å². The van der Waals surface area contributed by atoms with Gasteiger partial charge in [0, 0.05) is 10.2 Å². The molecule has 0 saturated heterocycles. The second kappa shape index (κ2) is 5.90. The molecule has 1 unspecified atom stereocenters. The molecule has 0 aliphatic rings. The zero-order valence-corrected chi connectivity index (χ0v) is 12.5. The molecule has 3 heteroatoms. The summed E-state index contributed by atoms with van der Waals surface area (Å²) in [5.41, 5.74) is 4.31. The van der Waals surface area contributed by atoms with Crippen molar-refractivity contribution in [2.75, 3.05) is 5.32 Å². The van der Waals surface area contributed by atoms with Crippen molar-refractivity contribution >= 4 is 21.6 Å². The normalized spacial score (nSPS) is 11.7. The van der Waals surface area contributed by atoms with Gasteiger partial charge < -0.3 is 5.32 Å². The predicted octanol–water partition coefficient (Wildman–Crippen LogP) is 4.74. The lowest BCUT2D eigenvalue weighted by Gasteiger charge is -2.16. The lowest BCUT2D eigenvalue weighted by Crippen LogP contribution is -2.10. The van der Waals surface area contributed by atoms with Crippen molar-refractivity contribution in [2.24, 2.45) is 0 Å². The molecule has 0 amide bonds. The molecule has 0 fully saturated rings. The average molecular weight is 315 g/mol. The number of hydrogen-bond donors (Lipinski definition) is 1. The van der Waals surface area contributed by atoms with Gasteiger partial charge in [-0.3, -0.25) is 0 Å². The highest BCUT2D eigenvalue weighted by Crippen LogP contribution is 2.23. The quantitative estimate of drug-likeness (QED) is 0.888. The van der Waals surface area contributed by atoms with E-state index in [-0.39, 0.29) is 6.04 Å². The maximum absolute atomic E-state index is 9.37. The van der Waals surface area contributed by atoms with E-state index in [1.54, 1.807) is 0 Å². The Hall–Kier alpha value is -1.79. The molecular formula is C16H15BrN2. The highest BCUT2D eigenvalue weighted by molar-refractivity contribution is 9.10. The molecule has 2 aromatic carbocycles. The van der Waals surface area contributed by atoms with Gasteiger partial charge in [-0.15, -0.1) is 0 Å². The van der Waals surface area contributed by atoms with Crippen LogP contribution in [0.4, 0.5) is 5.69 Å². The van der Waals surface area contributed by atoms with E-state index in [4.69, 9.17) is 0 Å². The Morgan fingerprint density at radius 2 is 1.79 bits per heavy atom. The van der Waals surface area contributed by atoms with Crippen LogP contribution in [0.15, 0.2) is 46.9 Å². The van der Waals surface area contributed by atoms with Crippen molar-refractivity contribution in [3.8, 4) is 6.07 Å². The largest absolute Gasteiger partial charge is 0.366 e. The van der Waals surface area contributed by atoms with Gasteiger partial charge in [0.05, 0.1) is 6.07 Å². The molecule has 0 aromatic heterocycles. The summed E-state index contributed by atoms with van der Waals surface area (Å²) in [6.07, 6.45) is 0. The summed E-state index contributed by atoms with van der Waals surface area (Å²) >= 11 is 3.40. The maximum atomic E-state index is 9.37. The van der Waals surface area contributed by atoms with E-state index >= 15 is 0 Å². The maximum Gasteiger partial charge on any atom is 0.140 e. The van der Waals surface area contributed by atoms with Gasteiger partial charge in [-0.1, -0.05) is 39.7 Å². The van der Waals surface area contributed by atoms with Crippen LogP contribution in [-0.2, 0) is 0 Å². The monoisotopic (exact) mass is 314 g/mol. The Kier molecular flexibility index (Phi) is 4.24. The average Bonchev–Trinajstić information content (AvgIpc) is 2.39. The molecular weight excluding hydrogens is 300 g/mol. The molecule has 96 valence electrons. The number of halogens is 1. The van der Waals surface area contributed by atoms with Crippen molar-refractivity contribution in [1.29, 1.82) is 5.26 Å². The molecule has 2 rings (SSSR count). The van der Waals surface area contributed by atoms with Crippen LogP contribution in [0, 0.1) is 25.2 Å². The third-order valence-corrected chi connectivity index (χ3v) is 3.55. The van der Waals surface area contributed by atoms with E-state index in [1.807, 2.05) is 43.3 Å².